The van der Waals surface area contributed by atoms with Crippen molar-refractivity contribution in [2.45, 2.75) is 17.6 Å². The Balaban J connectivity index is 2.16. The number of nitrogen functional groups attached to an aromatic ring is 1. The van der Waals surface area contributed by atoms with E-state index in [2.05, 4.69) is 37.0 Å². The van der Waals surface area contributed by atoms with Gasteiger partial charge in [0.15, 0.2) is 0 Å². The lowest BCUT2D eigenvalue weighted by molar-refractivity contribution is 0.727. The highest BCUT2D eigenvalue weighted by Gasteiger charge is 2.11. The summed E-state index contributed by atoms with van der Waals surface area (Å²) < 4.78 is 4.03. The Morgan fingerprint density at radius 3 is 2.67 bits per heavy atom. The number of aromatic nitrogens is 2. The van der Waals surface area contributed by atoms with E-state index in [0.717, 1.165) is 26.1 Å². The third-order valence-electron chi connectivity index (χ3n) is 2.58. The summed E-state index contributed by atoms with van der Waals surface area (Å²) in [6.45, 7) is 2.00. The highest BCUT2D eigenvalue weighted by atomic mass is 79.9. The maximum atomic E-state index is 5.73. The molecule has 0 saturated carbocycles. The number of aryl methyl sites for hydroxylation is 2. The van der Waals surface area contributed by atoms with Gasteiger partial charge in [0.25, 0.3) is 0 Å². The van der Waals surface area contributed by atoms with Gasteiger partial charge in [0.2, 0.25) is 0 Å². The van der Waals surface area contributed by atoms with Gasteiger partial charge in [-0.2, -0.15) is 5.10 Å². The van der Waals surface area contributed by atoms with Crippen LogP contribution in [0.25, 0.3) is 0 Å². The number of nitrogens with zero attached hydrogens (tertiary/aromatic N) is 2. The second-order valence-electron chi connectivity index (χ2n) is 3.95. The van der Waals surface area contributed by atoms with Crippen molar-refractivity contribution in [1.29, 1.82) is 0 Å². The summed E-state index contributed by atoms with van der Waals surface area (Å²) in [5.41, 5.74) is 8.69. The Morgan fingerprint density at radius 1 is 1.39 bits per heavy atom. The van der Waals surface area contributed by atoms with Crippen LogP contribution in [0.3, 0.4) is 0 Å². The molecule has 3 nitrogen and oxygen atoms in total. The quantitative estimate of drug-likeness (QED) is 0.632. The lowest BCUT2D eigenvalue weighted by Crippen LogP contribution is -1.96. The SMILES string of the molecule is Cc1nn(C)c(CSc2ccc(N)cc2Br)c1Br. The summed E-state index contributed by atoms with van der Waals surface area (Å²) in [5, 5.41) is 4.38. The van der Waals surface area contributed by atoms with Gasteiger partial charge in [-0.25, -0.2) is 0 Å². The highest BCUT2D eigenvalue weighted by molar-refractivity contribution is 9.10. The van der Waals surface area contributed by atoms with Crippen molar-refractivity contribution in [3.05, 3.63) is 38.5 Å². The van der Waals surface area contributed by atoms with E-state index in [0.29, 0.717) is 0 Å². The predicted molar refractivity (Wildman–Crippen MR) is 83.8 cm³/mol. The zero-order valence-electron chi connectivity index (χ0n) is 10.1. The van der Waals surface area contributed by atoms with Gasteiger partial charge in [-0.1, -0.05) is 0 Å². The summed E-state index contributed by atoms with van der Waals surface area (Å²) in [7, 11) is 1.96. The largest absolute Gasteiger partial charge is 0.399 e. The van der Waals surface area contributed by atoms with Crippen LogP contribution in [-0.2, 0) is 12.8 Å². The summed E-state index contributed by atoms with van der Waals surface area (Å²) in [5.74, 6) is 0.862. The van der Waals surface area contributed by atoms with Crippen molar-refractivity contribution in [2.75, 3.05) is 5.73 Å². The maximum absolute atomic E-state index is 5.73. The highest BCUT2D eigenvalue weighted by Crippen LogP contribution is 2.33. The third kappa shape index (κ3) is 2.92. The standard InChI is InChI=1S/C12H13Br2N3S/c1-7-12(14)10(17(2)16-7)6-18-11-4-3-8(15)5-9(11)13/h3-5H,6,15H2,1-2H3. The molecule has 0 saturated heterocycles. The second-order valence-corrected chi connectivity index (χ2v) is 6.61. The topological polar surface area (TPSA) is 43.8 Å². The average Bonchev–Trinajstić information content (AvgIpc) is 2.53. The maximum Gasteiger partial charge on any atom is 0.0738 e. The minimum atomic E-state index is 0.767. The van der Waals surface area contributed by atoms with Crippen molar-refractivity contribution < 1.29 is 0 Å². The first-order chi connectivity index (χ1) is 8.49. The van der Waals surface area contributed by atoms with Gasteiger partial charge < -0.3 is 5.73 Å². The summed E-state index contributed by atoms with van der Waals surface area (Å²) in [6.07, 6.45) is 0. The molecule has 0 aliphatic heterocycles. The van der Waals surface area contributed by atoms with Crippen LogP contribution < -0.4 is 5.73 Å². The van der Waals surface area contributed by atoms with Crippen LogP contribution in [0.1, 0.15) is 11.4 Å². The number of benzene rings is 1. The van der Waals surface area contributed by atoms with Crippen LogP contribution in [0.15, 0.2) is 32.0 Å². The number of nitrogens with two attached hydrogens (primary N) is 1. The molecule has 0 atom stereocenters. The Hall–Kier alpha value is -0.460. The van der Waals surface area contributed by atoms with Gasteiger partial charge in [0.05, 0.1) is 15.9 Å². The first-order valence-corrected chi connectivity index (χ1v) is 7.92. The van der Waals surface area contributed by atoms with Gasteiger partial charge in [-0.3, -0.25) is 4.68 Å². The van der Waals surface area contributed by atoms with Gasteiger partial charge in [-0.05, 0) is 57.0 Å². The molecule has 1 aromatic carbocycles. The van der Waals surface area contributed by atoms with Gasteiger partial charge in [0.1, 0.15) is 0 Å². The Bertz CT molecular complexity index is 581. The van der Waals surface area contributed by atoms with E-state index < -0.39 is 0 Å². The fraction of sp³-hybridized carbons (Fsp3) is 0.250. The van der Waals surface area contributed by atoms with Gasteiger partial charge in [0, 0.05) is 27.9 Å². The van der Waals surface area contributed by atoms with Crippen LogP contribution >= 0.6 is 43.6 Å². The molecule has 18 heavy (non-hydrogen) atoms. The molecule has 0 aliphatic rings. The van der Waals surface area contributed by atoms with Crippen LogP contribution in [0.2, 0.25) is 0 Å². The minimum Gasteiger partial charge on any atom is -0.399 e. The molecule has 1 aromatic heterocycles. The number of anilines is 1. The lowest BCUT2D eigenvalue weighted by atomic mass is 10.3. The van der Waals surface area contributed by atoms with Crippen molar-refractivity contribution in [3.8, 4) is 0 Å². The number of rotatable bonds is 3. The van der Waals surface area contributed by atoms with E-state index in [-0.39, 0.29) is 0 Å². The number of hydrogen-bond acceptors (Lipinski definition) is 3. The Labute approximate surface area is 127 Å². The van der Waals surface area contributed by atoms with Crippen LogP contribution in [0.4, 0.5) is 5.69 Å². The normalized spacial score (nSPS) is 10.9. The van der Waals surface area contributed by atoms with Crippen LogP contribution in [0.5, 0.6) is 0 Å². The summed E-state index contributed by atoms with van der Waals surface area (Å²) >= 11 is 8.86. The van der Waals surface area contributed by atoms with Crippen LogP contribution in [-0.4, -0.2) is 9.78 Å². The van der Waals surface area contributed by atoms with E-state index in [4.69, 9.17) is 5.73 Å². The molecular formula is C12H13Br2N3S. The van der Waals surface area contributed by atoms with E-state index in [1.165, 1.54) is 10.6 Å². The molecule has 0 spiro atoms. The molecule has 6 heteroatoms. The smallest absolute Gasteiger partial charge is 0.0738 e. The molecular weight excluding hydrogens is 378 g/mol. The minimum absolute atomic E-state index is 0.767. The molecule has 0 radical (unpaired) electrons. The van der Waals surface area contributed by atoms with Crippen molar-refractivity contribution in [1.82, 2.24) is 9.78 Å². The molecule has 2 N–H and O–H groups in total. The average molecular weight is 391 g/mol. The van der Waals surface area contributed by atoms with Gasteiger partial charge >= 0.3 is 0 Å². The second kappa shape index (κ2) is 5.67. The number of hydrogen-bond donors (Lipinski definition) is 1. The molecule has 0 bridgehead atoms. The number of halogens is 2. The zero-order valence-corrected chi connectivity index (χ0v) is 14.1. The molecule has 0 fully saturated rings. The summed E-state index contributed by atoms with van der Waals surface area (Å²) in [6, 6.07) is 5.86. The molecule has 2 aromatic rings. The van der Waals surface area contributed by atoms with Crippen molar-refractivity contribution >= 4 is 49.3 Å². The summed E-state index contributed by atoms with van der Waals surface area (Å²) in [4.78, 5) is 1.18. The zero-order chi connectivity index (χ0) is 13.3. The number of thioether (sulfide) groups is 1. The van der Waals surface area contributed by atoms with E-state index in [1.54, 1.807) is 11.8 Å². The first kappa shape index (κ1) is 14.0. The van der Waals surface area contributed by atoms with Crippen molar-refractivity contribution in [2.24, 2.45) is 7.05 Å². The van der Waals surface area contributed by atoms with E-state index in [1.807, 2.05) is 36.9 Å². The molecule has 0 aliphatic carbocycles. The monoisotopic (exact) mass is 389 g/mol. The molecule has 1 heterocycles. The first-order valence-electron chi connectivity index (χ1n) is 5.35. The lowest BCUT2D eigenvalue weighted by Gasteiger charge is -2.06. The van der Waals surface area contributed by atoms with Gasteiger partial charge in [-0.15, -0.1) is 11.8 Å². The predicted octanol–water partition coefficient (Wildman–Crippen LogP) is 4.13. The molecule has 0 amide bonds. The Morgan fingerprint density at radius 2 is 2.11 bits per heavy atom. The fourth-order valence-electron chi connectivity index (χ4n) is 1.62. The fourth-order valence-corrected chi connectivity index (χ4v) is 4.00. The third-order valence-corrected chi connectivity index (χ3v) is 5.62. The van der Waals surface area contributed by atoms with E-state index in [9.17, 15) is 0 Å². The molecule has 0 unspecified atom stereocenters. The van der Waals surface area contributed by atoms with E-state index >= 15 is 0 Å². The van der Waals surface area contributed by atoms with Crippen LogP contribution in [0, 0.1) is 6.92 Å². The molecule has 2 rings (SSSR count). The Kier molecular flexibility index (Phi) is 4.40. The molecule has 96 valence electrons. The van der Waals surface area contributed by atoms with Crippen molar-refractivity contribution in [3.63, 3.8) is 0 Å².